The van der Waals surface area contributed by atoms with Gasteiger partial charge in [0, 0.05) is 17.5 Å². The highest BCUT2D eigenvalue weighted by Crippen LogP contribution is 2.25. The molecule has 1 amide bonds. The van der Waals surface area contributed by atoms with Crippen LogP contribution in [-0.4, -0.2) is 28.4 Å². The third-order valence-corrected chi connectivity index (χ3v) is 4.13. The molecular weight excluding hydrogens is 382 g/mol. The summed E-state index contributed by atoms with van der Waals surface area (Å²) in [6.45, 7) is 2.01. The maximum absolute atomic E-state index is 11.9. The summed E-state index contributed by atoms with van der Waals surface area (Å²) in [5, 5.41) is 15.4. The van der Waals surface area contributed by atoms with Gasteiger partial charge in [0.05, 0.1) is 23.6 Å². The van der Waals surface area contributed by atoms with E-state index < -0.39 is 10.8 Å². The monoisotopic (exact) mass is 395 g/mol. The standard InChI is InChI=1S/C16H14ClN3O5S/c1-2-25-15(22)8-11-9-26-16(18-11)19-14(21)6-4-10-3-5-12(17)13(7-10)20(23)24/h3-7,9H,2,8H2,1H3,(H,18,19,21)/b6-4+. The Labute approximate surface area is 157 Å². The number of nitrogens with one attached hydrogen (secondary N) is 1. The van der Waals surface area contributed by atoms with E-state index in [0.29, 0.717) is 23.0 Å². The summed E-state index contributed by atoms with van der Waals surface area (Å²) in [7, 11) is 0. The molecule has 0 radical (unpaired) electrons. The van der Waals surface area contributed by atoms with Crippen molar-refractivity contribution in [2.45, 2.75) is 13.3 Å². The molecule has 1 aromatic heterocycles. The first kappa shape index (κ1) is 19.5. The van der Waals surface area contributed by atoms with Crippen LogP contribution in [0.1, 0.15) is 18.2 Å². The first-order valence-electron chi connectivity index (χ1n) is 7.42. The number of anilines is 1. The Morgan fingerprint density at radius 1 is 1.46 bits per heavy atom. The number of carbonyl (C=O) groups is 2. The number of halogens is 1. The van der Waals surface area contributed by atoms with Crippen molar-refractivity contribution < 1.29 is 19.2 Å². The lowest BCUT2D eigenvalue weighted by molar-refractivity contribution is -0.384. The molecular formula is C16H14ClN3O5S. The van der Waals surface area contributed by atoms with Gasteiger partial charge in [-0.05, 0) is 24.6 Å². The van der Waals surface area contributed by atoms with Gasteiger partial charge in [-0.25, -0.2) is 4.98 Å². The maximum Gasteiger partial charge on any atom is 0.311 e. The number of thiazole rings is 1. The second-order valence-electron chi connectivity index (χ2n) is 4.92. The molecule has 26 heavy (non-hydrogen) atoms. The van der Waals surface area contributed by atoms with Crippen molar-refractivity contribution >= 4 is 51.7 Å². The summed E-state index contributed by atoms with van der Waals surface area (Å²) in [4.78, 5) is 37.7. The summed E-state index contributed by atoms with van der Waals surface area (Å²) in [5.41, 5.74) is 0.720. The number of benzene rings is 1. The van der Waals surface area contributed by atoms with E-state index in [1.165, 1.54) is 35.6 Å². The van der Waals surface area contributed by atoms with Gasteiger partial charge in [-0.1, -0.05) is 17.7 Å². The minimum atomic E-state index is -0.597. The highest BCUT2D eigenvalue weighted by atomic mass is 35.5. The summed E-state index contributed by atoms with van der Waals surface area (Å²) in [6, 6.07) is 4.21. The third kappa shape index (κ3) is 5.64. The van der Waals surface area contributed by atoms with Gasteiger partial charge in [-0.2, -0.15) is 0 Å². The van der Waals surface area contributed by atoms with Gasteiger partial charge < -0.3 is 4.74 Å². The molecule has 0 bridgehead atoms. The number of rotatable bonds is 7. The average Bonchev–Trinajstić information content (AvgIpc) is 3.00. The molecule has 10 heteroatoms. The number of ether oxygens (including phenoxy) is 1. The molecule has 0 aliphatic carbocycles. The normalized spacial score (nSPS) is 10.7. The Balaban J connectivity index is 1.97. The quantitative estimate of drug-likeness (QED) is 0.332. The molecule has 0 fully saturated rings. The molecule has 1 heterocycles. The number of nitro benzene ring substituents is 1. The van der Waals surface area contributed by atoms with Gasteiger partial charge >= 0.3 is 5.97 Å². The molecule has 1 N–H and O–H groups in total. The van der Waals surface area contributed by atoms with Crippen LogP contribution in [0.3, 0.4) is 0 Å². The van der Waals surface area contributed by atoms with E-state index in [2.05, 4.69) is 10.3 Å². The molecule has 8 nitrogen and oxygen atoms in total. The largest absolute Gasteiger partial charge is 0.466 e. The molecule has 0 saturated carbocycles. The Morgan fingerprint density at radius 3 is 2.92 bits per heavy atom. The first-order valence-corrected chi connectivity index (χ1v) is 8.68. The Kier molecular flexibility index (Phi) is 6.81. The zero-order valence-corrected chi connectivity index (χ0v) is 15.2. The molecule has 2 aromatic rings. The lowest BCUT2D eigenvalue weighted by Crippen LogP contribution is -2.09. The second-order valence-corrected chi connectivity index (χ2v) is 6.18. The molecule has 136 valence electrons. The fourth-order valence-corrected chi connectivity index (χ4v) is 2.80. The van der Waals surface area contributed by atoms with Crippen molar-refractivity contribution in [3.05, 3.63) is 56.0 Å². The number of aromatic nitrogens is 1. The number of nitrogens with zero attached hydrogens (tertiary/aromatic N) is 2. The zero-order chi connectivity index (χ0) is 19.1. The molecule has 1 aromatic carbocycles. The summed E-state index contributed by atoms with van der Waals surface area (Å²) < 4.78 is 4.83. The van der Waals surface area contributed by atoms with Gasteiger partial charge in [0.15, 0.2) is 5.13 Å². The number of amides is 1. The topological polar surface area (TPSA) is 111 Å². The number of hydrogen-bond acceptors (Lipinski definition) is 7. The minimum absolute atomic E-state index is 0.0218. The van der Waals surface area contributed by atoms with Crippen LogP contribution in [0.25, 0.3) is 6.08 Å². The van der Waals surface area contributed by atoms with Crippen molar-refractivity contribution in [3.63, 3.8) is 0 Å². The SMILES string of the molecule is CCOC(=O)Cc1csc(NC(=O)/C=C/c2ccc(Cl)c([N+](=O)[O-])c2)n1. The van der Waals surface area contributed by atoms with Crippen LogP contribution >= 0.6 is 22.9 Å². The van der Waals surface area contributed by atoms with Crippen LogP contribution in [0.15, 0.2) is 29.7 Å². The highest BCUT2D eigenvalue weighted by Gasteiger charge is 2.12. The zero-order valence-electron chi connectivity index (χ0n) is 13.6. The fourth-order valence-electron chi connectivity index (χ4n) is 1.90. The second kappa shape index (κ2) is 9.07. The van der Waals surface area contributed by atoms with E-state index in [-0.39, 0.29) is 23.1 Å². The summed E-state index contributed by atoms with van der Waals surface area (Å²) in [6.07, 6.45) is 2.68. The van der Waals surface area contributed by atoms with Crippen LogP contribution in [0.2, 0.25) is 5.02 Å². The van der Waals surface area contributed by atoms with Crippen LogP contribution in [0.4, 0.5) is 10.8 Å². The first-order chi connectivity index (χ1) is 12.4. The molecule has 0 aliphatic rings. The fraction of sp³-hybridized carbons (Fsp3) is 0.188. The van der Waals surface area contributed by atoms with Gasteiger partial charge in [0.25, 0.3) is 5.69 Å². The van der Waals surface area contributed by atoms with Gasteiger partial charge in [0.2, 0.25) is 5.91 Å². The Bertz CT molecular complexity index is 865. The maximum atomic E-state index is 11.9. The molecule has 0 saturated heterocycles. The van der Waals surface area contributed by atoms with Crippen LogP contribution < -0.4 is 5.32 Å². The lowest BCUT2D eigenvalue weighted by Gasteiger charge is -1.99. The van der Waals surface area contributed by atoms with E-state index in [9.17, 15) is 19.7 Å². The minimum Gasteiger partial charge on any atom is -0.466 e. The van der Waals surface area contributed by atoms with Crippen molar-refractivity contribution in [2.75, 3.05) is 11.9 Å². The van der Waals surface area contributed by atoms with Gasteiger partial charge in [0.1, 0.15) is 5.02 Å². The Hall–Kier alpha value is -2.78. The summed E-state index contributed by atoms with van der Waals surface area (Å²) >= 11 is 6.91. The van der Waals surface area contributed by atoms with Crippen molar-refractivity contribution in [2.24, 2.45) is 0 Å². The van der Waals surface area contributed by atoms with Crippen LogP contribution in [0.5, 0.6) is 0 Å². The highest BCUT2D eigenvalue weighted by molar-refractivity contribution is 7.14. The van der Waals surface area contributed by atoms with Crippen molar-refractivity contribution in [1.82, 2.24) is 4.98 Å². The Morgan fingerprint density at radius 2 is 2.23 bits per heavy atom. The molecule has 0 aliphatic heterocycles. The molecule has 0 spiro atoms. The van der Waals surface area contributed by atoms with E-state index in [1.807, 2.05) is 0 Å². The van der Waals surface area contributed by atoms with Crippen LogP contribution in [-0.2, 0) is 20.7 Å². The third-order valence-electron chi connectivity index (χ3n) is 3.01. The number of esters is 1. The average molecular weight is 396 g/mol. The summed E-state index contributed by atoms with van der Waals surface area (Å²) in [5.74, 6) is -0.848. The van der Waals surface area contributed by atoms with Gasteiger partial charge in [-0.3, -0.25) is 25.0 Å². The molecule has 0 atom stereocenters. The molecule has 2 rings (SSSR count). The molecule has 0 unspecified atom stereocenters. The van der Waals surface area contributed by atoms with Crippen molar-refractivity contribution in [3.8, 4) is 0 Å². The van der Waals surface area contributed by atoms with E-state index in [4.69, 9.17) is 16.3 Å². The predicted octanol–water partition coefficient (Wildman–Crippen LogP) is 3.46. The smallest absolute Gasteiger partial charge is 0.311 e. The predicted molar refractivity (Wildman–Crippen MR) is 98.2 cm³/mol. The van der Waals surface area contributed by atoms with E-state index in [0.717, 1.165) is 0 Å². The number of nitro groups is 1. The van der Waals surface area contributed by atoms with Crippen molar-refractivity contribution in [1.29, 1.82) is 0 Å². The van der Waals surface area contributed by atoms with E-state index >= 15 is 0 Å². The van der Waals surface area contributed by atoms with Crippen LogP contribution in [0, 0.1) is 10.1 Å². The van der Waals surface area contributed by atoms with E-state index in [1.54, 1.807) is 18.4 Å². The lowest BCUT2D eigenvalue weighted by atomic mass is 10.2. The van der Waals surface area contributed by atoms with Gasteiger partial charge in [-0.15, -0.1) is 11.3 Å². The number of carbonyl (C=O) groups excluding carboxylic acids is 2. The number of hydrogen-bond donors (Lipinski definition) is 1.